The Kier molecular flexibility index (Phi) is 2.76. The van der Waals surface area contributed by atoms with E-state index in [2.05, 4.69) is 25.1 Å². The average Bonchev–Trinajstić information content (AvgIpc) is 3.11. The minimum Gasteiger partial charge on any atom is -0.364 e. The van der Waals surface area contributed by atoms with Crippen LogP contribution < -0.4 is 5.73 Å². The number of amides is 1. The molecule has 3 heterocycles. The average molecular weight is 272 g/mol. The van der Waals surface area contributed by atoms with E-state index < -0.39 is 5.91 Å². The molecule has 8 heteroatoms. The summed E-state index contributed by atoms with van der Waals surface area (Å²) in [6, 6.07) is 1.74. The molecule has 0 atom stereocenters. The first-order valence-electron chi connectivity index (χ1n) is 5.30. The molecule has 3 aromatic heterocycles. The summed E-state index contributed by atoms with van der Waals surface area (Å²) in [7, 11) is 0. The molecule has 94 valence electrons. The first kappa shape index (κ1) is 11.5. The number of rotatable bonds is 3. The van der Waals surface area contributed by atoms with Crippen LogP contribution in [0.15, 0.2) is 29.5 Å². The zero-order valence-electron chi connectivity index (χ0n) is 9.57. The third-order valence-electron chi connectivity index (χ3n) is 2.54. The molecule has 0 unspecified atom stereocenters. The molecule has 3 aromatic rings. The van der Waals surface area contributed by atoms with Crippen molar-refractivity contribution in [3.8, 4) is 22.6 Å². The molecule has 3 rings (SSSR count). The third-order valence-corrected chi connectivity index (χ3v) is 3.13. The van der Waals surface area contributed by atoms with Gasteiger partial charge in [-0.15, -0.1) is 11.3 Å². The highest BCUT2D eigenvalue weighted by molar-refractivity contribution is 7.07. The van der Waals surface area contributed by atoms with Crippen molar-refractivity contribution in [2.75, 3.05) is 0 Å². The van der Waals surface area contributed by atoms with Crippen molar-refractivity contribution in [1.82, 2.24) is 25.1 Å². The number of aromatic amines is 1. The summed E-state index contributed by atoms with van der Waals surface area (Å²) in [6.07, 6.45) is 2.90. The van der Waals surface area contributed by atoms with E-state index in [0.29, 0.717) is 22.6 Å². The zero-order chi connectivity index (χ0) is 13.2. The zero-order valence-corrected chi connectivity index (χ0v) is 10.4. The molecule has 19 heavy (non-hydrogen) atoms. The summed E-state index contributed by atoms with van der Waals surface area (Å²) < 4.78 is 0. The molecule has 0 radical (unpaired) electrons. The van der Waals surface area contributed by atoms with E-state index in [-0.39, 0.29) is 5.69 Å². The molecule has 1 amide bonds. The van der Waals surface area contributed by atoms with Crippen molar-refractivity contribution in [2.45, 2.75) is 0 Å². The molecule has 0 aromatic carbocycles. The van der Waals surface area contributed by atoms with Gasteiger partial charge in [-0.05, 0) is 6.07 Å². The van der Waals surface area contributed by atoms with Crippen LogP contribution in [0.1, 0.15) is 10.5 Å². The largest absolute Gasteiger partial charge is 0.364 e. The molecule has 0 saturated heterocycles. The maximum absolute atomic E-state index is 11.5. The molecule has 0 spiro atoms. The number of hydrogen-bond acceptors (Lipinski definition) is 6. The molecule has 3 N–H and O–H groups in total. The van der Waals surface area contributed by atoms with Gasteiger partial charge >= 0.3 is 0 Å². The summed E-state index contributed by atoms with van der Waals surface area (Å²) in [5, 5.41) is 8.38. The van der Waals surface area contributed by atoms with Crippen LogP contribution in [0.3, 0.4) is 0 Å². The second-order valence-corrected chi connectivity index (χ2v) is 4.37. The Morgan fingerprint density at radius 2 is 2.21 bits per heavy atom. The number of nitrogens with one attached hydrogen (secondary N) is 1. The van der Waals surface area contributed by atoms with Crippen LogP contribution in [-0.4, -0.2) is 31.1 Å². The van der Waals surface area contributed by atoms with E-state index in [1.165, 1.54) is 23.9 Å². The standard InChI is InChI=1S/C11H8N6OS/c12-10(18)9-8(7-3-19-5-15-7)6(1-2-13-9)11-14-4-16-17-11/h1-5H,(H2,12,18)(H,14,16,17). The van der Waals surface area contributed by atoms with Gasteiger partial charge in [0.1, 0.15) is 12.0 Å². The monoisotopic (exact) mass is 272 g/mol. The Morgan fingerprint density at radius 1 is 1.32 bits per heavy atom. The van der Waals surface area contributed by atoms with Gasteiger partial charge in [0.05, 0.1) is 11.2 Å². The Labute approximate surface area is 111 Å². The normalized spacial score (nSPS) is 10.5. The number of nitrogens with zero attached hydrogens (tertiary/aromatic N) is 4. The minimum absolute atomic E-state index is 0.166. The van der Waals surface area contributed by atoms with E-state index >= 15 is 0 Å². The molecule has 0 aliphatic rings. The third kappa shape index (κ3) is 1.97. The first-order valence-corrected chi connectivity index (χ1v) is 6.24. The number of primary amides is 1. The van der Waals surface area contributed by atoms with Crippen LogP contribution in [0.4, 0.5) is 0 Å². The van der Waals surface area contributed by atoms with Crippen molar-refractivity contribution in [1.29, 1.82) is 0 Å². The molecule has 7 nitrogen and oxygen atoms in total. The Morgan fingerprint density at radius 3 is 2.84 bits per heavy atom. The maximum atomic E-state index is 11.5. The smallest absolute Gasteiger partial charge is 0.268 e. The maximum Gasteiger partial charge on any atom is 0.268 e. The van der Waals surface area contributed by atoms with Crippen LogP contribution >= 0.6 is 11.3 Å². The number of carbonyl (C=O) groups excluding carboxylic acids is 1. The molecule has 0 fully saturated rings. The van der Waals surface area contributed by atoms with Crippen molar-refractivity contribution in [3.05, 3.63) is 35.2 Å². The van der Waals surface area contributed by atoms with E-state index in [4.69, 9.17) is 5.73 Å². The number of nitrogens with two attached hydrogens (primary N) is 1. The predicted octanol–water partition coefficient (Wildman–Crippen LogP) is 1.09. The van der Waals surface area contributed by atoms with Crippen LogP contribution in [-0.2, 0) is 0 Å². The van der Waals surface area contributed by atoms with Gasteiger partial charge in [0.25, 0.3) is 5.91 Å². The summed E-state index contributed by atoms with van der Waals surface area (Å²) in [5.41, 5.74) is 9.10. The van der Waals surface area contributed by atoms with Crippen molar-refractivity contribution < 1.29 is 4.79 Å². The number of thiazole rings is 1. The van der Waals surface area contributed by atoms with Gasteiger partial charge in [-0.25, -0.2) is 9.97 Å². The Balaban J connectivity index is 2.31. The fraction of sp³-hybridized carbons (Fsp3) is 0. The summed E-state index contributed by atoms with van der Waals surface area (Å²) in [4.78, 5) is 23.9. The predicted molar refractivity (Wildman–Crippen MR) is 69.2 cm³/mol. The van der Waals surface area contributed by atoms with Crippen molar-refractivity contribution in [3.63, 3.8) is 0 Å². The fourth-order valence-corrected chi connectivity index (χ4v) is 2.32. The minimum atomic E-state index is -0.607. The van der Waals surface area contributed by atoms with E-state index in [1.807, 2.05) is 5.38 Å². The number of carbonyl (C=O) groups is 1. The summed E-state index contributed by atoms with van der Waals surface area (Å²) >= 11 is 1.42. The van der Waals surface area contributed by atoms with Crippen LogP contribution in [0.2, 0.25) is 0 Å². The summed E-state index contributed by atoms with van der Waals surface area (Å²) in [5.74, 6) is -0.0720. The van der Waals surface area contributed by atoms with Crippen LogP contribution in [0.25, 0.3) is 22.6 Å². The van der Waals surface area contributed by atoms with E-state index in [9.17, 15) is 4.79 Å². The first-order chi connectivity index (χ1) is 9.27. The lowest BCUT2D eigenvalue weighted by Crippen LogP contribution is -2.15. The number of aromatic nitrogens is 5. The van der Waals surface area contributed by atoms with Gasteiger partial charge in [0, 0.05) is 22.7 Å². The number of pyridine rings is 1. The molecular weight excluding hydrogens is 264 g/mol. The highest BCUT2D eigenvalue weighted by atomic mass is 32.1. The highest BCUT2D eigenvalue weighted by Gasteiger charge is 2.19. The van der Waals surface area contributed by atoms with Gasteiger partial charge in [-0.3, -0.25) is 14.9 Å². The lowest BCUT2D eigenvalue weighted by atomic mass is 10.0. The van der Waals surface area contributed by atoms with E-state index in [0.717, 1.165) is 0 Å². The lowest BCUT2D eigenvalue weighted by molar-refractivity contribution is 0.0996. The Hall–Kier alpha value is -2.61. The van der Waals surface area contributed by atoms with Crippen LogP contribution in [0.5, 0.6) is 0 Å². The molecule has 0 bridgehead atoms. The second kappa shape index (κ2) is 4.58. The number of hydrogen-bond donors (Lipinski definition) is 2. The lowest BCUT2D eigenvalue weighted by Gasteiger charge is -2.08. The fourth-order valence-electron chi connectivity index (χ4n) is 1.78. The number of H-pyrrole nitrogens is 1. The molecular formula is C11H8N6OS. The van der Waals surface area contributed by atoms with Gasteiger partial charge in [0.15, 0.2) is 5.82 Å². The van der Waals surface area contributed by atoms with Gasteiger partial charge in [-0.1, -0.05) is 0 Å². The van der Waals surface area contributed by atoms with Gasteiger partial charge in [0.2, 0.25) is 0 Å². The van der Waals surface area contributed by atoms with Crippen LogP contribution in [0, 0.1) is 0 Å². The topological polar surface area (TPSA) is 110 Å². The van der Waals surface area contributed by atoms with Gasteiger partial charge < -0.3 is 5.73 Å². The van der Waals surface area contributed by atoms with Crippen molar-refractivity contribution >= 4 is 17.2 Å². The molecule has 0 aliphatic carbocycles. The molecule has 0 aliphatic heterocycles. The quantitative estimate of drug-likeness (QED) is 0.741. The van der Waals surface area contributed by atoms with Crippen molar-refractivity contribution in [2.24, 2.45) is 5.73 Å². The van der Waals surface area contributed by atoms with Gasteiger partial charge in [-0.2, -0.15) is 5.10 Å². The second-order valence-electron chi connectivity index (χ2n) is 3.65. The summed E-state index contributed by atoms with van der Waals surface area (Å²) in [6.45, 7) is 0. The SMILES string of the molecule is NC(=O)c1nccc(-c2ncn[nH]2)c1-c1cscn1. The Bertz CT molecular complexity index is 707. The van der Waals surface area contributed by atoms with E-state index in [1.54, 1.807) is 11.6 Å². The highest BCUT2D eigenvalue weighted by Crippen LogP contribution is 2.31. The molecule has 0 saturated carbocycles.